The highest BCUT2D eigenvalue weighted by molar-refractivity contribution is 5.77. The molecule has 0 saturated heterocycles. The third-order valence-electron chi connectivity index (χ3n) is 2.19. The Morgan fingerprint density at radius 2 is 2.31 bits per heavy atom. The summed E-state index contributed by atoms with van der Waals surface area (Å²) in [4.78, 5) is 11.1. The number of nitriles is 1. The number of nitrogens with one attached hydrogen (secondary N) is 1. The van der Waals surface area contributed by atoms with Crippen LogP contribution in [-0.2, 0) is 11.3 Å². The highest BCUT2D eigenvalue weighted by Gasteiger charge is 2.02. The third-order valence-corrected chi connectivity index (χ3v) is 2.19. The second kappa shape index (κ2) is 5.76. The van der Waals surface area contributed by atoms with E-state index in [1.54, 1.807) is 13.2 Å². The Morgan fingerprint density at radius 1 is 1.56 bits per heavy atom. The van der Waals surface area contributed by atoms with Crippen LogP contribution in [0.3, 0.4) is 0 Å². The van der Waals surface area contributed by atoms with Gasteiger partial charge < -0.3 is 10.1 Å². The zero-order chi connectivity index (χ0) is 12.0. The van der Waals surface area contributed by atoms with Crippen molar-refractivity contribution in [2.24, 2.45) is 0 Å². The summed E-state index contributed by atoms with van der Waals surface area (Å²) in [5.74, 6) is 0.572. The van der Waals surface area contributed by atoms with Crippen LogP contribution < -0.4 is 10.1 Å². The zero-order valence-electron chi connectivity index (χ0n) is 9.41. The lowest BCUT2D eigenvalue weighted by Gasteiger charge is -2.07. The summed E-state index contributed by atoms with van der Waals surface area (Å²) in [6, 6.07) is 7.50. The van der Waals surface area contributed by atoms with Gasteiger partial charge in [-0.2, -0.15) is 5.26 Å². The average Bonchev–Trinajstić information content (AvgIpc) is 2.27. The molecule has 16 heavy (non-hydrogen) atoms. The fourth-order valence-corrected chi connectivity index (χ4v) is 1.39. The standard InChI is InChI=1S/C12H14N2O2/c1-9-7-10(3-4-11(9)16-2)8-14-12(15)5-6-13/h3-4,7H,5,8H2,1-2H3,(H,14,15). The number of amides is 1. The van der Waals surface area contributed by atoms with E-state index in [0.29, 0.717) is 6.54 Å². The SMILES string of the molecule is COc1ccc(CNC(=O)CC#N)cc1C. The number of benzene rings is 1. The Labute approximate surface area is 94.8 Å². The quantitative estimate of drug-likeness (QED) is 0.833. The molecule has 0 atom stereocenters. The van der Waals surface area contributed by atoms with Crippen LogP contribution in [0.25, 0.3) is 0 Å². The number of carbonyl (C=O) groups is 1. The van der Waals surface area contributed by atoms with Gasteiger partial charge in [-0.15, -0.1) is 0 Å². The van der Waals surface area contributed by atoms with Crippen LogP contribution in [0.15, 0.2) is 18.2 Å². The minimum absolute atomic E-state index is 0.102. The van der Waals surface area contributed by atoms with Crippen molar-refractivity contribution in [3.05, 3.63) is 29.3 Å². The number of hydrogen-bond donors (Lipinski definition) is 1. The monoisotopic (exact) mass is 218 g/mol. The number of ether oxygens (including phenoxy) is 1. The molecule has 84 valence electrons. The van der Waals surface area contributed by atoms with Crippen molar-refractivity contribution in [1.29, 1.82) is 5.26 Å². The summed E-state index contributed by atoms with van der Waals surface area (Å²) in [6.45, 7) is 2.38. The molecule has 0 unspecified atom stereocenters. The molecule has 1 N–H and O–H groups in total. The first kappa shape index (κ1) is 12.1. The third kappa shape index (κ3) is 3.28. The van der Waals surface area contributed by atoms with E-state index in [9.17, 15) is 4.79 Å². The van der Waals surface area contributed by atoms with Gasteiger partial charge in [0, 0.05) is 6.54 Å². The van der Waals surface area contributed by atoms with Gasteiger partial charge in [-0.25, -0.2) is 0 Å². The molecule has 0 saturated carbocycles. The lowest BCUT2D eigenvalue weighted by atomic mass is 10.1. The predicted octanol–water partition coefficient (Wildman–Crippen LogP) is 1.53. The molecule has 1 amide bonds. The fraction of sp³-hybridized carbons (Fsp3) is 0.333. The molecule has 0 fully saturated rings. The van der Waals surface area contributed by atoms with Crippen molar-refractivity contribution >= 4 is 5.91 Å². The zero-order valence-corrected chi connectivity index (χ0v) is 9.41. The summed E-state index contributed by atoms with van der Waals surface area (Å²) in [5, 5.41) is 11.0. The van der Waals surface area contributed by atoms with Crippen LogP contribution in [-0.4, -0.2) is 13.0 Å². The molecule has 0 heterocycles. The van der Waals surface area contributed by atoms with Crippen LogP contribution >= 0.6 is 0 Å². The maximum absolute atomic E-state index is 11.1. The first-order valence-corrected chi connectivity index (χ1v) is 4.94. The highest BCUT2D eigenvalue weighted by atomic mass is 16.5. The van der Waals surface area contributed by atoms with Crippen LogP contribution in [0.1, 0.15) is 17.5 Å². The van der Waals surface area contributed by atoms with Crippen molar-refractivity contribution < 1.29 is 9.53 Å². The fourth-order valence-electron chi connectivity index (χ4n) is 1.39. The van der Waals surface area contributed by atoms with Gasteiger partial charge in [-0.1, -0.05) is 12.1 Å². The number of rotatable bonds is 4. The Hall–Kier alpha value is -2.02. The van der Waals surface area contributed by atoms with Crippen LogP contribution in [0.4, 0.5) is 0 Å². The summed E-state index contributed by atoms with van der Waals surface area (Å²) in [5.41, 5.74) is 2.01. The van der Waals surface area contributed by atoms with Gasteiger partial charge >= 0.3 is 0 Å². The molecule has 0 spiro atoms. The van der Waals surface area contributed by atoms with Gasteiger partial charge in [0.2, 0.25) is 5.91 Å². The van der Waals surface area contributed by atoms with Gasteiger partial charge in [0.25, 0.3) is 0 Å². The van der Waals surface area contributed by atoms with E-state index in [2.05, 4.69) is 5.32 Å². The van der Waals surface area contributed by atoms with E-state index in [1.807, 2.05) is 25.1 Å². The lowest BCUT2D eigenvalue weighted by molar-refractivity contribution is -0.120. The minimum atomic E-state index is -0.254. The van der Waals surface area contributed by atoms with E-state index >= 15 is 0 Å². The van der Waals surface area contributed by atoms with Crippen LogP contribution in [0, 0.1) is 18.3 Å². The topological polar surface area (TPSA) is 62.1 Å². The van der Waals surface area contributed by atoms with Gasteiger partial charge in [-0.3, -0.25) is 4.79 Å². The van der Waals surface area contributed by atoms with Crippen LogP contribution in [0.5, 0.6) is 5.75 Å². The molecular formula is C12H14N2O2. The maximum Gasteiger partial charge on any atom is 0.234 e. The summed E-state index contributed by atoms with van der Waals surface area (Å²) >= 11 is 0. The highest BCUT2D eigenvalue weighted by Crippen LogP contribution is 2.18. The van der Waals surface area contributed by atoms with E-state index in [-0.39, 0.29) is 12.3 Å². The molecule has 4 nitrogen and oxygen atoms in total. The Balaban J connectivity index is 2.59. The van der Waals surface area contributed by atoms with E-state index in [0.717, 1.165) is 16.9 Å². The minimum Gasteiger partial charge on any atom is -0.496 e. The second-order valence-electron chi connectivity index (χ2n) is 3.42. The molecule has 0 bridgehead atoms. The van der Waals surface area contributed by atoms with E-state index in [1.165, 1.54) is 0 Å². The molecule has 0 radical (unpaired) electrons. The lowest BCUT2D eigenvalue weighted by Crippen LogP contribution is -2.21. The molecule has 1 aromatic carbocycles. The summed E-state index contributed by atoms with van der Waals surface area (Å²) in [7, 11) is 1.62. The van der Waals surface area contributed by atoms with Crippen molar-refractivity contribution in [3.63, 3.8) is 0 Å². The predicted molar refractivity (Wildman–Crippen MR) is 59.8 cm³/mol. The molecular weight excluding hydrogens is 204 g/mol. The van der Waals surface area contributed by atoms with E-state index in [4.69, 9.17) is 10.00 Å². The Kier molecular flexibility index (Phi) is 4.34. The average molecular weight is 218 g/mol. The van der Waals surface area contributed by atoms with Gasteiger partial charge in [0.1, 0.15) is 12.2 Å². The van der Waals surface area contributed by atoms with Crippen molar-refractivity contribution in [2.75, 3.05) is 7.11 Å². The molecule has 4 heteroatoms. The van der Waals surface area contributed by atoms with E-state index < -0.39 is 0 Å². The Morgan fingerprint density at radius 3 is 2.88 bits per heavy atom. The second-order valence-corrected chi connectivity index (χ2v) is 3.42. The first-order chi connectivity index (χ1) is 7.67. The van der Waals surface area contributed by atoms with Gasteiger partial charge in [0.15, 0.2) is 0 Å². The largest absolute Gasteiger partial charge is 0.496 e. The molecule has 1 rings (SSSR count). The Bertz CT molecular complexity index is 422. The smallest absolute Gasteiger partial charge is 0.234 e. The maximum atomic E-state index is 11.1. The van der Waals surface area contributed by atoms with Gasteiger partial charge in [-0.05, 0) is 24.1 Å². The van der Waals surface area contributed by atoms with Crippen LogP contribution in [0.2, 0.25) is 0 Å². The molecule has 0 aliphatic heterocycles. The number of methoxy groups -OCH3 is 1. The van der Waals surface area contributed by atoms with Crippen molar-refractivity contribution in [1.82, 2.24) is 5.32 Å². The number of nitrogens with zero attached hydrogens (tertiary/aromatic N) is 1. The molecule has 0 aliphatic carbocycles. The first-order valence-electron chi connectivity index (χ1n) is 4.94. The van der Waals surface area contributed by atoms with Crippen molar-refractivity contribution in [2.45, 2.75) is 19.9 Å². The normalized spacial score (nSPS) is 9.31. The molecule has 0 aromatic heterocycles. The summed E-state index contributed by atoms with van der Waals surface area (Å²) in [6.07, 6.45) is -0.102. The number of carbonyl (C=O) groups excluding carboxylic acids is 1. The molecule has 0 aliphatic rings. The van der Waals surface area contributed by atoms with Crippen molar-refractivity contribution in [3.8, 4) is 11.8 Å². The number of aryl methyl sites for hydroxylation is 1. The van der Waals surface area contributed by atoms with Gasteiger partial charge in [0.05, 0.1) is 13.2 Å². The summed E-state index contributed by atoms with van der Waals surface area (Å²) < 4.78 is 5.13. The molecule has 1 aromatic rings. The number of hydrogen-bond acceptors (Lipinski definition) is 3.